The van der Waals surface area contributed by atoms with Gasteiger partial charge in [-0.2, -0.15) is 5.26 Å². The first kappa shape index (κ1) is 21.4. The van der Waals surface area contributed by atoms with Crippen molar-refractivity contribution in [2.75, 3.05) is 4.90 Å². The maximum Gasteiger partial charge on any atom is 0.162 e. The third-order valence-corrected chi connectivity index (χ3v) is 8.82. The molecule has 1 atom stereocenters. The van der Waals surface area contributed by atoms with Gasteiger partial charge in [0.15, 0.2) is 11.6 Å². The summed E-state index contributed by atoms with van der Waals surface area (Å²) in [7, 11) is 0. The van der Waals surface area contributed by atoms with Crippen LogP contribution in [0.4, 0.5) is 5.00 Å². The van der Waals surface area contributed by atoms with Gasteiger partial charge in [-0.1, -0.05) is 50.6 Å². The summed E-state index contributed by atoms with van der Waals surface area (Å²) in [4.78, 5) is 22.1. The van der Waals surface area contributed by atoms with E-state index in [1.807, 2.05) is 30.3 Å². The second kappa shape index (κ2) is 7.68. The number of fused-ring (bicyclic) bond motifs is 6. The molecule has 172 valence electrons. The Labute approximate surface area is 204 Å². The van der Waals surface area contributed by atoms with Crippen LogP contribution in [0.2, 0.25) is 0 Å². The molecule has 0 unspecified atom stereocenters. The fourth-order valence-electron chi connectivity index (χ4n) is 6.09. The number of thiophene rings is 1. The van der Waals surface area contributed by atoms with Crippen LogP contribution in [0.1, 0.15) is 73.4 Å². The number of allylic oxidation sites excluding steroid dienone is 3. The summed E-state index contributed by atoms with van der Waals surface area (Å²) in [6, 6.07) is 12.3. The SMILES string of the molecule is CC1(C)CC(=O)C2=C(C1)N1C(=C(C#N)[C@H]2c2ccccc2)N=C(N)c2c1sc1c2CCCCC1. The van der Waals surface area contributed by atoms with Crippen molar-refractivity contribution in [3.63, 3.8) is 0 Å². The van der Waals surface area contributed by atoms with Crippen LogP contribution < -0.4 is 10.6 Å². The molecule has 1 aromatic heterocycles. The Kier molecular flexibility index (Phi) is 4.82. The highest BCUT2D eigenvalue weighted by Crippen LogP contribution is 2.55. The first-order chi connectivity index (χ1) is 16.4. The molecular weight excluding hydrogens is 440 g/mol. The Hall–Kier alpha value is -3.17. The van der Waals surface area contributed by atoms with Gasteiger partial charge in [-0.15, -0.1) is 11.3 Å². The van der Waals surface area contributed by atoms with Crippen LogP contribution >= 0.6 is 11.3 Å². The van der Waals surface area contributed by atoms with Crippen LogP contribution in [0.5, 0.6) is 0 Å². The highest BCUT2D eigenvalue weighted by Gasteiger charge is 2.47. The number of nitrogens with zero attached hydrogens (tertiary/aromatic N) is 3. The van der Waals surface area contributed by atoms with Gasteiger partial charge in [-0.05, 0) is 48.6 Å². The lowest BCUT2D eigenvalue weighted by atomic mass is 9.68. The lowest BCUT2D eigenvalue weighted by Gasteiger charge is -2.44. The molecule has 0 radical (unpaired) electrons. The Morgan fingerprint density at radius 1 is 1.15 bits per heavy atom. The highest BCUT2D eigenvalue weighted by molar-refractivity contribution is 7.17. The highest BCUT2D eigenvalue weighted by atomic mass is 32.1. The summed E-state index contributed by atoms with van der Waals surface area (Å²) in [6.07, 6.45) is 6.89. The third kappa shape index (κ3) is 3.10. The predicted octanol–water partition coefficient (Wildman–Crippen LogP) is 5.72. The van der Waals surface area contributed by atoms with Crippen LogP contribution in [-0.2, 0) is 17.6 Å². The van der Waals surface area contributed by atoms with Gasteiger partial charge in [-0.25, -0.2) is 4.99 Å². The molecule has 2 aliphatic carbocycles. The zero-order valence-electron chi connectivity index (χ0n) is 19.6. The molecule has 2 aliphatic heterocycles. The zero-order chi connectivity index (χ0) is 23.6. The van der Waals surface area contributed by atoms with E-state index in [1.54, 1.807) is 11.3 Å². The van der Waals surface area contributed by atoms with Crippen LogP contribution in [0.3, 0.4) is 0 Å². The number of benzene rings is 1. The molecular formula is C28H28N4OS. The number of ketones is 1. The summed E-state index contributed by atoms with van der Waals surface area (Å²) in [5.41, 5.74) is 12.0. The molecule has 3 heterocycles. The maximum atomic E-state index is 13.7. The van der Waals surface area contributed by atoms with Crippen LogP contribution in [0, 0.1) is 16.7 Å². The van der Waals surface area contributed by atoms with E-state index in [0.29, 0.717) is 23.7 Å². The fraction of sp³-hybridized carbons (Fsp3) is 0.393. The van der Waals surface area contributed by atoms with E-state index in [0.717, 1.165) is 53.1 Å². The van der Waals surface area contributed by atoms with Gasteiger partial charge in [0, 0.05) is 22.6 Å². The van der Waals surface area contributed by atoms with Gasteiger partial charge in [0.2, 0.25) is 0 Å². The molecule has 34 heavy (non-hydrogen) atoms. The van der Waals surface area contributed by atoms with Crippen molar-refractivity contribution in [1.82, 2.24) is 0 Å². The Bertz CT molecular complexity index is 1350. The molecule has 0 saturated heterocycles. The number of nitrogens with two attached hydrogens (primary N) is 1. The average molecular weight is 469 g/mol. The quantitative estimate of drug-likeness (QED) is 0.543. The summed E-state index contributed by atoms with van der Waals surface area (Å²) >= 11 is 1.78. The molecule has 5 nitrogen and oxygen atoms in total. The van der Waals surface area contributed by atoms with Crippen LogP contribution in [0.15, 0.2) is 58.0 Å². The van der Waals surface area contributed by atoms with Gasteiger partial charge in [0.25, 0.3) is 0 Å². The molecule has 6 heteroatoms. The minimum Gasteiger partial charge on any atom is -0.383 e. The maximum absolute atomic E-state index is 13.7. The van der Waals surface area contributed by atoms with E-state index in [-0.39, 0.29) is 11.2 Å². The average Bonchev–Trinajstić information content (AvgIpc) is 3.01. The zero-order valence-corrected chi connectivity index (χ0v) is 20.5. The number of anilines is 1. The van der Waals surface area contributed by atoms with E-state index >= 15 is 0 Å². The molecule has 2 aromatic rings. The minimum absolute atomic E-state index is 0.133. The number of hydrogen-bond acceptors (Lipinski definition) is 6. The van der Waals surface area contributed by atoms with Gasteiger partial charge in [-0.3, -0.25) is 9.69 Å². The molecule has 0 spiro atoms. The lowest BCUT2D eigenvalue weighted by molar-refractivity contribution is -0.118. The summed E-state index contributed by atoms with van der Waals surface area (Å²) < 4.78 is 0. The molecule has 0 fully saturated rings. The number of aliphatic imine (C=N–C) groups is 1. The number of carbonyl (C=O) groups is 1. The van der Waals surface area contributed by atoms with E-state index in [9.17, 15) is 10.1 Å². The van der Waals surface area contributed by atoms with Crippen molar-refractivity contribution in [3.8, 4) is 6.07 Å². The van der Waals surface area contributed by atoms with Crippen LogP contribution in [0.25, 0.3) is 0 Å². The van der Waals surface area contributed by atoms with Crippen molar-refractivity contribution >= 4 is 28.0 Å². The predicted molar refractivity (Wildman–Crippen MR) is 136 cm³/mol. The summed E-state index contributed by atoms with van der Waals surface area (Å²) in [5, 5.41) is 11.4. The second-order valence-electron chi connectivity index (χ2n) is 10.6. The monoisotopic (exact) mass is 468 g/mol. The van der Waals surface area contributed by atoms with E-state index in [2.05, 4.69) is 24.8 Å². The van der Waals surface area contributed by atoms with Crippen molar-refractivity contribution in [2.24, 2.45) is 16.1 Å². The van der Waals surface area contributed by atoms with Crippen LogP contribution in [-0.4, -0.2) is 11.6 Å². The molecule has 0 amide bonds. The number of nitriles is 1. The summed E-state index contributed by atoms with van der Waals surface area (Å²) in [6.45, 7) is 4.31. The van der Waals surface area contributed by atoms with Gasteiger partial charge >= 0.3 is 0 Å². The third-order valence-electron chi connectivity index (χ3n) is 7.54. The molecule has 0 saturated carbocycles. The number of Topliss-reactive ketones (excluding diaryl/α,β-unsaturated/α-hetero) is 1. The summed E-state index contributed by atoms with van der Waals surface area (Å²) in [5.74, 6) is 0.828. The van der Waals surface area contributed by atoms with E-state index in [4.69, 9.17) is 10.7 Å². The first-order valence-corrected chi connectivity index (χ1v) is 13.0. The Balaban J connectivity index is 1.65. The molecule has 2 N–H and O–H groups in total. The second-order valence-corrected chi connectivity index (χ2v) is 11.7. The smallest absolute Gasteiger partial charge is 0.162 e. The van der Waals surface area contributed by atoms with Gasteiger partial charge < -0.3 is 5.73 Å². The number of rotatable bonds is 1. The van der Waals surface area contributed by atoms with Crippen molar-refractivity contribution in [2.45, 2.75) is 64.7 Å². The Morgan fingerprint density at radius 3 is 2.68 bits per heavy atom. The number of aryl methyl sites for hydroxylation is 1. The lowest BCUT2D eigenvalue weighted by Crippen LogP contribution is -2.41. The van der Waals surface area contributed by atoms with Crippen molar-refractivity contribution in [1.29, 1.82) is 5.26 Å². The largest absolute Gasteiger partial charge is 0.383 e. The van der Waals surface area contributed by atoms with Crippen molar-refractivity contribution < 1.29 is 4.79 Å². The Morgan fingerprint density at radius 2 is 1.91 bits per heavy atom. The minimum atomic E-state index is -0.410. The molecule has 4 aliphatic rings. The number of carbonyl (C=O) groups excluding carboxylic acids is 1. The van der Waals surface area contributed by atoms with E-state index in [1.165, 1.54) is 23.3 Å². The molecule has 1 aromatic carbocycles. The van der Waals surface area contributed by atoms with Crippen molar-refractivity contribution in [3.05, 3.63) is 74.6 Å². The fourth-order valence-corrected chi connectivity index (χ4v) is 7.52. The van der Waals surface area contributed by atoms with Gasteiger partial charge in [0.1, 0.15) is 10.8 Å². The standard InChI is InChI=1S/C28H28N4OS/c1-28(2)13-19-24(20(33)14-28)22(16-9-5-3-6-10-16)18(15-29)26-31-25(30)23-17-11-7-4-8-12-21(17)34-27(23)32(19)26/h3,5-6,9-10,22H,4,7-8,11-14H2,1-2H3,(H2,30,31)/t22-/m1/s1. The molecule has 6 rings (SSSR count). The topological polar surface area (TPSA) is 82.5 Å². The number of hydrogen-bond donors (Lipinski definition) is 1. The normalized spacial score (nSPS) is 23.3. The first-order valence-electron chi connectivity index (χ1n) is 12.1. The molecule has 0 bridgehead atoms. The van der Waals surface area contributed by atoms with E-state index < -0.39 is 5.92 Å². The number of amidine groups is 1. The van der Waals surface area contributed by atoms with Gasteiger partial charge in [0.05, 0.1) is 23.1 Å².